The van der Waals surface area contributed by atoms with E-state index in [1.807, 2.05) is 18.4 Å². The van der Waals surface area contributed by atoms with Crippen molar-refractivity contribution in [3.63, 3.8) is 0 Å². The van der Waals surface area contributed by atoms with Crippen molar-refractivity contribution in [3.05, 3.63) is 33.5 Å². The van der Waals surface area contributed by atoms with Gasteiger partial charge in [-0.1, -0.05) is 11.6 Å². The SMILES string of the molecule is Cc1cc(C(=O)NCCC2=CCCCC2)cs1. The van der Waals surface area contributed by atoms with Crippen LogP contribution in [0.25, 0.3) is 0 Å². The zero-order chi connectivity index (χ0) is 12.1. The molecule has 2 rings (SSSR count). The van der Waals surface area contributed by atoms with Gasteiger partial charge in [-0.2, -0.15) is 0 Å². The number of rotatable bonds is 4. The minimum absolute atomic E-state index is 0.0609. The molecule has 0 aliphatic heterocycles. The van der Waals surface area contributed by atoms with Crippen molar-refractivity contribution in [1.82, 2.24) is 5.32 Å². The fourth-order valence-electron chi connectivity index (χ4n) is 2.13. The molecule has 17 heavy (non-hydrogen) atoms. The number of amides is 1. The van der Waals surface area contributed by atoms with Gasteiger partial charge in [0.1, 0.15) is 0 Å². The van der Waals surface area contributed by atoms with E-state index in [0.29, 0.717) is 0 Å². The zero-order valence-corrected chi connectivity index (χ0v) is 11.1. The Kier molecular flexibility index (Phi) is 4.37. The summed E-state index contributed by atoms with van der Waals surface area (Å²) >= 11 is 1.62. The molecule has 2 nitrogen and oxygen atoms in total. The summed E-state index contributed by atoms with van der Waals surface area (Å²) in [6.07, 6.45) is 8.41. The molecule has 1 aliphatic carbocycles. The van der Waals surface area contributed by atoms with Gasteiger partial charge >= 0.3 is 0 Å². The summed E-state index contributed by atoms with van der Waals surface area (Å²) in [5, 5.41) is 4.91. The smallest absolute Gasteiger partial charge is 0.252 e. The van der Waals surface area contributed by atoms with Gasteiger partial charge in [-0.15, -0.1) is 11.3 Å². The number of allylic oxidation sites excluding steroid dienone is 1. The van der Waals surface area contributed by atoms with Gasteiger partial charge in [-0.25, -0.2) is 0 Å². The van der Waals surface area contributed by atoms with Crippen molar-refractivity contribution in [1.29, 1.82) is 0 Å². The number of hydrogen-bond donors (Lipinski definition) is 1. The Balaban J connectivity index is 1.75. The molecule has 1 N–H and O–H groups in total. The van der Waals surface area contributed by atoms with E-state index in [2.05, 4.69) is 11.4 Å². The molecule has 0 bridgehead atoms. The van der Waals surface area contributed by atoms with Crippen LogP contribution < -0.4 is 5.32 Å². The molecule has 92 valence electrons. The number of hydrogen-bond acceptors (Lipinski definition) is 2. The largest absolute Gasteiger partial charge is 0.352 e. The highest BCUT2D eigenvalue weighted by Crippen LogP contribution is 2.19. The molecule has 0 aromatic carbocycles. The topological polar surface area (TPSA) is 29.1 Å². The molecule has 1 heterocycles. The molecule has 0 radical (unpaired) electrons. The molecule has 1 aromatic rings. The predicted molar refractivity (Wildman–Crippen MR) is 72.6 cm³/mol. The minimum atomic E-state index is 0.0609. The summed E-state index contributed by atoms with van der Waals surface area (Å²) in [6.45, 7) is 2.79. The molecule has 1 aliphatic rings. The van der Waals surface area contributed by atoms with Gasteiger partial charge in [0.25, 0.3) is 5.91 Å². The van der Waals surface area contributed by atoms with Crippen molar-refractivity contribution in [2.24, 2.45) is 0 Å². The van der Waals surface area contributed by atoms with E-state index in [0.717, 1.165) is 18.5 Å². The van der Waals surface area contributed by atoms with E-state index >= 15 is 0 Å². The van der Waals surface area contributed by atoms with Crippen molar-refractivity contribution in [3.8, 4) is 0 Å². The maximum Gasteiger partial charge on any atom is 0.252 e. The second kappa shape index (κ2) is 6.01. The molecule has 0 fully saturated rings. The van der Waals surface area contributed by atoms with Crippen LogP contribution in [-0.4, -0.2) is 12.5 Å². The first-order valence-electron chi connectivity index (χ1n) is 6.27. The predicted octanol–water partition coefficient (Wildman–Crippen LogP) is 3.68. The molecule has 1 aromatic heterocycles. The fourth-order valence-corrected chi connectivity index (χ4v) is 2.82. The summed E-state index contributed by atoms with van der Waals surface area (Å²) in [4.78, 5) is 13.0. The van der Waals surface area contributed by atoms with Crippen LogP contribution in [0.2, 0.25) is 0 Å². The molecular weight excluding hydrogens is 230 g/mol. The molecule has 0 saturated heterocycles. The fraction of sp³-hybridized carbons (Fsp3) is 0.500. The third kappa shape index (κ3) is 3.70. The van der Waals surface area contributed by atoms with Crippen LogP contribution in [0, 0.1) is 6.92 Å². The second-order valence-corrected chi connectivity index (χ2v) is 5.68. The van der Waals surface area contributed by atoms with E-state index < -0.39 is 0 Å². The van der Waals surface area contributed by atoms with E-state index in [4.69, 9.17) is 0 Å². The van der Waals surface area contributed by atoms with Crippen LogP contribution in [0.1, 0.15) is 47.3 Å². The normalized spacial score (nSPS) is 15.5. The Hall–Kier alpha value is -1.09. The average Bonchev–Trinajstić information content (AvgIpc) is 2.77. The van der Waals surface area contributed by atoms with Crippen LogP contribution >= 0.6 is 11.3 Å². The molecule has 1 amide bonds. The molecule has 0 unspecified atom stereocenters. The number of aryl methyl sites for hydroxylation is 1. The molecule has 0 spiro atoms. The Morgan fingerprint density at radius 2 is 2.35 bits per heavy atom. The van der Waals surface area contributed by atoms with Gasteiger partial charge in [0, 0.05) is 16.8 Å². The zero-order valence-electron chi connectivity index (χ0n) is 10.3. The minimum Gasteiger partial charge on any atom is -0.352 e. The maximum absolute atomic E-state index is 11.8. The average molecular weight is 249 g/mol. The monoisotopic (exact) mass is 249 g/mol. The molecule has 0 atom stereocenters. The maximum atomic E-state index is 11.8. The highest BCUT2D eigenvalue weighted by Gasteiger charge is 2.08. The Morgan fingerprint density at radius 3 is 3.00 bits per heavy atom. The molecule has 3 heteroatoms. The Labute approximate surface area is 107 Å². The van der Waals surface area contributed by atoms with Crippen molar-refractivity contribution >= 4 is 17.2 Å². The standard InChI is InChI=1S/C14H19NOS/c1-11-9-13(10-17-11)14(16)15-8-7-12-5-3-2-4-6-12/h5,9-10H,2-4,6-8H2,1H3,(H,15,16). The van der Waals surface area contributed by atoms with Gasteiger partial charge < -0.3 is 5.32 Å². The highest BCUT2D eigenvalue weighted by atomic mass is 32.1. The van der Waals surface area contributed by atoms with Crippen LogP contribution in [-0.2, 0) is 0 Å². The van der Waals surface area contributed by atoms with E-state index in [-0.39, 0.29) is 5.91 Å². The lowest BCUT2D eigenvalue weighted by atomic mass is 9.97. The van der Waals surface area contributed by atoms with Gasteiger partial charge in [0.05, 0.1) is 5.56 Å². The lowest BCUT2D eigenvalue weighted by Crippen LogP contribution is -2.24. The number of carbonyl (C=O) groups excluding carboxylic acids is 1. The van der Waals surface area contributed by atoms with Gasteiger partial charge in [0.15, 0.2) is 0 Å². The van der Waals surface area contributed by atoms with Crippen molar-refractivity contribution < 1.29 is 4.79 Å². The number of carbonyl (C=O) groups is 1. The van der Waals surface area contributed by atoms with E-state index in [9.17, 15) is 4.79 Å². The first kappa shape index (κ1) is 12.4. The lowest BCUT2D eigenvalue weighted by molar-refractivity contribution is 0.0954. The summed E-state index contributed by atoms with van der Waals surface area (Å²) in [6, 6.07) is 1.94. The molecule has 0 saturated carbocycles. The van der Waals surface area contributed by atoms with E-state index in [1.165, 1.54) is 36.1 Å². The highest BCUT2D eigenvalue weighted by molar-refractivity contribution is 7.10. The third-order valence-electron chi connectivity index (χ3n) is 3.11. The number of thiophene rings is 1. The van der Waals surface area contributed by atoms with Crippen LogP contribution in [0.3, 0.4) is 0 Å². The first-order valence-corrected chi connectivity index (χ1v) is 7.15. The first-order chi connectivity index (χ1) is 8.25. The Bertz CT molecular complexity index is 420. The summed E-state index contributed by atoms with van der Waals surface area (Å²) < 4.78 is 0. The van der Waals surface area contributed by atoms with E-state index in [1.54, 1.807) is 11.3 Å². The molecular formula is C14H19NOS. The van der Waals surface area contributed by atoms with Gasteiger partial charge in [-0.3, -0.25) is 4.79 Å². The second-order valence-electron chi connectivity index (χ2n) is 4.56. The van der Waals surface area contributed by atoms with Gasteiger partial charge in [0.2, 0.25) is 0 Å². The summed E-state index contributed by atoms with van der Waals surface area (Å²) in [7, 11) is 0. The lowest BCUT2D eigenvalue weighted by Gasteiger charge is -2.12. The van der Waals surface area contributed by atoms with Crippen molar-refractivity contribution in [2.75, 3.05) is 6.54 Å². The number of nitrogens with one attached hydrogen (secondary N) is 1. The van der Waals surface area contributed by atoms with Crippen LogP contribution in [0.15, 0.2) is 23.1 Å². The van der Waals surface area contributed by atoms with Gasteiger partial charge in [-0.05, 0) is 45.1 Å². The Morgan fingerprint density at radius 1 is 1.47 bits per heavy atom. The summed E-state index contributed by atoms with van der Waals surface area (Å²) in [5.41, 5.74) is 2.31. The summed E-state index contributed by atoms with van der Waals surface area (Å²) in [5.74, 6) is 0.0609. The van der Waals surface area contributed by atoms with Crippen LogP contribution in [0.4, 0.5) is 0 Å². The van der Waals surface area contributed by atoms with Crippen molar-refractivity contribution in [2.45, 2.75) is 39.0 Å². The van der Waals surface area contributed by atoms with Crippen LogP contribution in [0.5, 0.6) is 0 Å². The third-order valence-corrected chi connectivity index (χ3v) is 3.97. The quantitative estimate of drug-likeness (QED) is 0.810.